The van der Waals surface area contributed by atoms with E-state index in [2.05, 4.69) is 11.6 Å². The number of hydrogen-bond acceptors (Lipinski definition) is 4. The van der Waals surface area contributed by atoms with Crippen molar-refractivity contribution in [1.29, 1.82) is 0 Å². The summed E-state index contributed by atoms with van der Waals surface area (Å²) in [6.45, 7) is 4.18. The molecule has 0 aliphatic carbocycles. The molecule has 2 aromatic heterocycles. The average molecular weight is 377 g/mol. The summed E-state index contributed by atoms with van der Waals surface area (Å²) in [7, 11) is 3.07. The molecule has 0 fully saturated rings. The Kier molecular flexibility index (Phi) is 4.87. The van der Waals surface area contributed by atoms with Crippen LogP contribution in [0.1, 0.15) is 5.56 Å². The molecule has 25 heavy (non-hydrogen) atoms. The first-order chi connectivity index (χ1) is 12.0. The van der Waals surface area contributed by atoms with E-state index in [9.17, 15) is 9.59 Å². The normalized spacial score (nSPS) is 11.2. The molecule has 0 unspecified atom stereocenters. The second-order valence-corrected chi connectivity index (χ2v) is 6.90. The minimum atomic E-state index is -0.400. The Hall–Kier alpha value is -2.25. The highest BCUT2D eigenvalue weighted by molar-refractivity contribution is 7.98. The maximum Gasteiger partial charge on any atom is 0.332 e. The number of aromatic nitrogens is 4. The van der Waals surface area contributed by atoms with Gasteiger partial charge in [0, 0.05) is 31.4 Å². The van der Waals surface area contributed by atoms with Gasteiger partial charge in [-0.3, -0.25) is 13.9 Å². The van der Waals surface area contributed by atoms with Gasteiger partial charge in [0.15, 0.2) is 16.3 Å². The summed E-state index contributed by atoms with van der Waals surface area (Å²) in [6.07, 6.45) is 1.70. The van der Waals surface area contributed by atoms with Gasteiger partial charge in [-0.05, 0) is 11.6 Å². The Bertz CT molecular complexity index is 1080. The van der Waals surface area contributed by atoms with Gasteiger partial charge in [-0.15, -0.1) is 6.58 Å². The van der Waals surface area contributed by atoms with E-state index in [1.807, 2.05) is 24.3 Å². The number of imidazole rings is 1. The molecular weight excluding hydrogens is 360 g/mol. The molecule has 130 valence electrons. The number of nitrogens with zero attached hydrogens (tertiary/aromatic N) is 4. The van der Waals surface area contributed by atoms with E-state index in [0.717, 1.165) is 10.1 Å². The molecule has 0 aliphatic heterocycles. The molecule has 6 nitrogen and oxygen atoms in total. The fraction of sp³-hybridized carbons (Fsp3) is 0.235. The lowest BCUT2D eigenvalue weighted by molar-refractivity contribution is 0.700. The van der Waals surface area contributed by atoms with E-state index >= 15 is 0 Å². The third-order valence-electron chi connectivity index (χ3n) is 3.94. The third kappa shape index (κ3) is 3.05. The molecule has 0 spiro atoms. The molecule has 8 heteroatoms. The summed E-state index contributed by atoms with van der Waals surface area (Å²) in [5, 5.41) is 1.33. The summed E-state index contributed by atoms with van der Waals surface area (Å²) in [6, 6.07) is 7.59. The maximum absolute atomic E-state index is 12.6. The lowest BCUT2D eigenvalue weighted by Gasteiger charge is -2.07. The van der Waals surface area contributed by atoms with Crippen molar-refractivity contribution in [2.24, 2.45) is 14.1 Å². The first-order valence-corrected chi connectivity index (χ1v) is 8.95. The summed E-state index contributed by atoms with van der Waals surface area (Å²) < 4.78 is 4.26. The highest BCUT2D eigenvalue weighted by atomic mass is 35.5. The molecule has 2 heterocycles. The van der Waals surface area contributed by atoms with Crippen LogP contribution in [0.2, 0.25) is 5.02 Å². The standard InChI is InChI=1S/C17H17ClN4O2S/c1-4-9-22-13-14(20(2)17(24)21(3)15(13)23)19-16(22)25-10-11-7-5-6-8-12(11)18/h4-8H,1,9-10H2,2-3H3. The number of aryl methyl sites for hydroxylation is 1. The zero-order valence-corrected chi connectivity index (χ0v) is 15.5. The van der Waals surface area contributed by atoms with Gasteiger partial charge >= 0.3 is 5.69 Å². The summed E-state index contributed by atoms with van der Waals surface area (Å²) in [5.41, 5.74) is 0.983. The van der Waals surface area contributed by atoms with Crippen molar-refractivity contribution in [3.63, 3.8) is 0 Å². The summed E-state index contributed by atoms with van der Waals surface area (Å²) in [5.74, 6) is 0.606. The van der Waals surface area contributed by atoms with Crippen molar-refractivity contribution in [3.05, 3.63) is 68.3 Å². The predicted octanol–water partition coefficient (Wildman–Crippen LogP) is 2.57. The molecular formula is C17H17ClN4O2S. The number of halogens is 1. The van der Waals surface area contributed by atoms with E-state index in [1.165, 1.54) is 23.4 Å². The predicted molar refractivity (Wildman–Crippen MR) is 101 cm³/mol. The Balaban J connectivity index is 2.13. The van der Waals surface area contributed by atoms with Crippen LogP contribution in [0.25, 0.3) is 11.2 Å². The van der Waals surface area contributed by atoms with Gasteiger partial charge in [-0.2, -0.15) is 0 Å². The Morgan fingerprint density at radius 3 is 2.64 bits per heavy atom. The number of thioether (sulfide) groups is 1. The van der Waals surface area contributed by atoms with Crippen LogP contribution in [0.3, 0.4) is 0 Å². The quantitative estimate of drug-likeness (QED) is 0.507. The molecule has 0 saturated carbocycles. The SMILES string of the molecule is C=CCn1c(SCc2ccccc2Cl)nc2c1c(=O)n(C)c(=O)n2C. The number of rotatable bonds is 5. The molecule has 3 aromatic rings. The highest BCUT2D eigenvalue weighted by Crippen LogP contribution is 2.27. The molecule has 1 aromatic carbocycles. The van der Waals surface area contributed by atoms with Crippen LogP contribution >= 0.6 is 23.4 Å². The minimum Gasteiger partial charge on any atom is -0.309 e. The zero-order valence-electron chi connectivity index (χ0n) is 13.9. The van der Waals surface area contributed by atoms with Gasteiger partial charge in [0.2, 0.25) is 0 Å². The van der Waals surface area contributed by atoms with E-state index < -0.39 is 5.69 Å². The monoisotopic (exact) mass is 376 g/mol. The van der Waals surface area contributed by atoms with Gasteiger partial charge in [0.25, 0.3) is 5.56 Å². The van der Waals surface area contributed by atoms with Crippen LogP contribution in [0.5, 0.6) is 0 Å². The number of fused-ring (bicyclic) bond motifs is 1. The number of allylic oxidation sites excluding steroid dienone is 1. The Morgan fingerprint density at radius 1 is 1.24 bits per heavy atom. The molecule has 0 saturated heterocycles. The van der Waals surface area contributed by atoms with Gasteiger partial charge in [-0.25, -0.2) is 9.78 Å². The minimum absolute atomic E-state index is 0.364. The molecule has 0 aliphatic rings. The van der Waals surface area contributed by atoms with Crippen molar-refractivity contribution in [2.45, 2.75) is 17.5 Å². The third-order valence-corrected chi connectivity index (χ3v) is 5.33. The summed E-state index contributed by atoms with van der Waals surface area (Å²) in [4.78, 5) is 29.2. The van der Waals surface area contributed by atoms with E-state index in [-0.39, 0.29) is 5.56 Å². The smallest absolute Gasteiger partial charge is 0.309 e. The van der Waals surface area contributed by atoms with Crippen molar-refractivity contribution in [1.82, 2.24) is 18.7 Å². The van der Waals surface area contributed by atoms with Crippen molar-refractivity contribution >= 4 is 34.5 Å². The lowest BCUT2D eigenvalue weighted by atomic mass is 10.2. The molecule has 3 rings (SSSR count). The van der Waals surface area contributed by atoms with Crippen LogP contribution in [0.4, 0.5) is 0 Å². The van der Waals surface area contributed by atoms with Crippen molar-refractivity contribution in [3.8, 4) is 0 Å². The van der Waals surface area contributed by atoms with E-state index in [0.29, 0.717) is 33.6 Å². The second-order valence-electron chi connectivity index (χ2n) is 5.55. The highest BCUT2D eigenvalue weighted by Gasteiger charge is 2.19. The largest absolute Gasteiger partial charge is 0.332 e. The second kappa shape index (κ2) is 6.93. The fourth-order valence-corrected chi connectivity index (χ4v) is 3.88. The van der Waals surface area contributed by atoms with Gasteiger partial charge < -0.3 is 4.57 Å². The molecule has 0 bridgehead atoms. The molecule has 0 amide bonds. The van der Waals surface area contributed by atoms with Crippen LogP contribution < -0.4 is 11.2 Å². The number of benzene rings is 1. The first kappa shape index (κ1) is 17.6. The Labute approximate surface area is 153 Å². The summed E-state index contributed by atoms with van der Waals surface area (Å²) >= 11 is 7.67. The van der Waals surface area contributed by atoms with Gasteiger partial charge in [0.05, 0.1) is 0 Å². The Morgan fingerprint density at radius 2 is 1.96 bits per heavy atom. The fourth-order valence-electron chi connectivity index (χ4n) is 2.59. The van der Waals surface area contributed by atoms with Crippen LogP contribution in [0.15, 0.2) is 51.7 Å². The van der Waals surface area contributed by atoms with E-state index in [4.69, 9.17) is 11.6 Å². The number of hydrogen-bond donors (Lipinski definition) is 0. The van der Waals surface area contributed by atoms with Gasteiger partial charge in [0.1, 0.15) is 0 Å². The van der Waals surface area contributed by atoms with Crippen molar-refractivity contribution < 1.29 is 0 Å². The molecule has 0 atom stereocenters. The van der Waals surface area contributed by atoms with Gasteiger partial charge in [-0.1, -0.05) is 47.6 Å². The molecule has 0 radical (unpaired) electrons. The first-order valence-electron chi connectivity index (χ1n) is 7.59. The van der Waals surface area contributed by atoms with Crippen LogP contribution in [-0.2, 0) is 26.4 Å². The maximum atomic E-state index is 12.6. The van der Waals surface area contributed by atoms with Crippen LogP contribution in [0, 0.1) is 0 Å². The van der Waals surface area contributed by atoms with Crippen molar-refractivity contribution in [2.75, 3.05) is 0 Å². The molecule has 0 N–H and O–H groups in total. The topological polar surface area (TPSA) is 61.8 Å². The van der Waals surface area contributed by atoms with Crippen LogP contribution in [-0.4, -0.2) is 18.7 Å². The average Bonchev–Trinajstić information content (AvgIpc) is 2.96. The van der Waals surface area contributed by atoms with E-state index in [1.54, 1.807) is 17.7 Å². The lowest BCUT2D eigenvalue weighted by Crippen LogP contribution is -2.37. The zero-order chi connectivity index (χ0) is 18.1.